The lowest BCUT2D eigenvalue weighted by atomic mass is 10.3. The molecule has 0 aromatic heterocycles. The molecular weight excluding hydrogens is 188 g/mol. The zero-order valence-corrected chi connectivity index (χ0v) is 9.26. The van der Waals surface area contributed by atoms with Gasteiger partial charge in [0.25, 0.3) is 0 Å². The van der Waals surface area contributed by atoms with Crippen LogP contribution in [-0.2, 0) is 9.53 Å². The summed E-state index contributed by atoms with van der Waals surface area (Å²) < 4.78 is 4.86. The Hall–Kier alpha value is -0.220. The van der Waals surface area contributed by atoms with E-state index in [0.717, 1.165) is 0 Å². The monoisotopic (exact) mass is 206 g/mol. The van der Waals surface area contributed by atoms with Crippen molar-refractivity contribution in [2.75, 3.05) is 13.2 Å². The van der Waals surface area contributed by atoms with Crippen molar-refractivity contribution in [2.45, 2.75) is 37.7 Å². The van der Waals surface area contributed by atoms with Crippen molar-refractivity contribution in [3.63, 3.8) is 0 Å². The first-order valence-electron chi connectivity index (χ1n) is 4.54. The summed E-state index contributed by atoms with van der Waals surface area (Å²) in [6, 6.07) is 0. The third-order valence-corrected chi connectivity index (χ3v) is 2.89. The number of rotatable bonds is 6. The summed E-state index contributed by atoms with van der Waals surface area (Å²) in [5.74, 6) is -0.169. The van der Waals surface area contributed by atoms with Gasteiger partial charge in [-0.05, 0) is 20.3 Å². The minimum atomic E-state index is -0.169. The second-order valence-corrected chi connectivity index (χ2v) is 4.64. The van der Waals surface area contributed by atoms with Crippen LogP contribution in [0.1, 0.15) is 27.2 Å². The second-order valence-electron chi connectivity index (χ2n) is 2.85. The Bertz CT molecular complexity index is 150. The maximum absolute atomic E-state index is 11.2. The molecule has 0 heterocycles. The molecule has 13 heavy (non-hydrogen) atoms. The fraction of sp³-hybridized carbons (Fsp3) is 0.889. The Morgan fingerprint density at radius 3 is 2.62 bits per heavy atom. The van der Waals surface area contributed by atoms with Gasteiger partial charge in [-0.1, -0.05) is 6.92 Å². The lowest BCUT2D eigenvalue weighted by molar-refractivity contribution is -0.142. The van der Waals surface area contributed by atoms with Crippen molar-refractivity contribution in [1.29, 1.82) is 0 Å². The lowest BCUT2D eigenvalue weighted by Crippen LogP contribution is -2.19. The van der Waals surface area contributed by atoms with Crippen molar-refractivity contribution in [1.82, 2.24) is 0 Å². The number of thioether (sulfide) groups is 1. The molecule has 0 saturated carbocycles. The minimum Gasteiger partial charge on any atom is -0.465 e. The van der Waals surface area contributed by atoms with Crippen LogP contribution in [0.2, 0.25) is 0 Å². The summed E-state index contributed by atoms with van der Waals surface area (Å²) in [6.45, 7) is 6.22. The van der Waals surface area contributed by atoms with Gasteiger partial charge in [0.2, 0.25) is 0 Å². The van der Waals surface area contributed by atoms with Crippen LogP contribution in [0.5, 0.6) is 0 Å². The van der Waals surface area contributed by atoms with Crippen molar-refractivity contribution in [3.05, 3.63) is 0 Å². The van der Waals surface area contributed by atoms with Gasteiger partial charge in [-0.2, -0.15) is 0 Å². The molecule has 1 N–H and O–H groups in total. The SMILES string of the molecule is CCOC(=O)C(C)SC(C)CCO. The van der Waals surface area contributed by atoms with Crippen molar-refractivity contribution < 1.29 is 14.6 Å². The van der Waals surface area contributed by atoms with Crippen LogP contribution >= 0.6 is 11.8 Å². The van der Waals surface area contributed by atoms with Crippen LogP contribution in [0.4, 0.5) is 0 Å². The molecule has 0 aliphatic rings. The minimum absolute atomic E-state index is 0.138. The number of carbonyl (C=O) groups excluding carboxylic acids is 1. The van der Waals surface area contributed by atoms with Gasteiger partial charge in [0.15, 0.2) is 0 Å². The Kier molecular flexibility index (Phi) is 7.09. The predicted molar refractivity (Wildman–Crippen MR) is 54.9 cm³/mol. The highest BCUT2D eigenvalue weighted by Crippen LogP contribution is 2.20. The highest BCUT2D eigenvalue weighted by Gasteiger charge is 2.17. The topological polar surface area (TPSA) is 46.5 Å². The molecule has 0 saturated heterocycles. The van der Waals surface area contributed by atoms with Crippen LogP contribution in [0.25, 0.3) is 0 Å². The van der Waals surface area contributed by atoms with Gasteiger partial charge in [-0.15, -0.1) is 11.8 Å². The number of aliphatic hydroxyl groups excluding tert-OH is 1. The predicted octanol–water partition coefficient (Wildman–Crippen LogP) is 1.44. The number of hydrogen-bond donors (Lipinski definition) is 1. The van der Waals surface area contributed by atoms with E-state index in [1.165, 1.54) is 11.8 Å². The summed E-state index contributed by atoms with van der Waals surface area (Å²) >= 11 is 1.54. The molecule has 0 amide bonds. The summed E-state index contributed by atoms with van der Waals surface area (Å²) in [7, 11) is 0. The zero-order valence-electron chi connectivity index (χ0n) is 8.45. The molecule has 0 aliphatic carbocycles. The van der Waals surface area contributed by atoms with E-state index < -0.39 is 0 Å². The van der Waals surface area contributed by atoms with Crippen LogP contribution in [0, 0.1) is 0 Å². The molecular formula is C9H18O3S. The average molecular weight is 206 g/mol. The number of aliphatic hydroxyl groups is 1. The normalized spacial score (nSPS) is 15.1. The fourth-order valence-electron chi connectivity index (χ4n) is 0.913. The van der Waals surface area contributed by atoms with Gasteiger partial charge in [-0.3, -0.25) is 4.79 Å². The first kappa shape index (κ1) is 12.8. The summed E-state index contributed by atoms with van der Waals surface area (Å²) in [6.07, 6.45) is 0.717. The van der Waals surface area contributed by atoms with E-state index in [1.807, 2.05) is 13.8 Å². The van der Waals surface area contributed by atoms with E-state index in [1.54, 1.807) is 6.92 Å². The maximum atomic E-state index is 11.2. The lowest BCUT2D eigenvalue weighted by Gasteiger charge is -2.14. The number of esters is 1. The van der Waals surface area contributed by atoms with E-state index in [2.05, 4.69) is 0 Å². The maximum Gasteiger partial charge on any atom is 0.318 e. The summed E-state index contributed by atoms with van der Waals surface area (Å²) in [5.41, 5.74) is 0. The highest BCUT2D eigenvalue weighted by atomic mass is 32.2. The standard InChI is InChI=1S/C9H18O3S/c1-4-12-9(11)8(3)13-7(2)5-6-10/h7-8,10H,4-6H2,1-3H3. The van der Waals surface area contributed by atoms with Gasteiger partial charge in [-0.25, -0.2) is 0 Å². The van der Waals surface area contributed by atoms with E-state index >= 15 is 0 Å². The van der Waals surface area contributed by atoms with Crippen LogP contribution < -0.4 is 0 Å². The summed E-state index contributed by atoms with van der Waals surface area (Å²) in [5, 5.41) is 8.82. The van der Waals surface area contributed by atoms with Gasteiger partial charge < -0.3 is 9.84 Å². The largest absolute Gasteiger partial charge is 0.465 e. The smallest absolute Gasteiger partial charge is 0.318 e. The van der Waals surface area contributed by atoms with E-state index in [0.29, 0.717) is 18.3 Å². The molecule has 4 heteroatoms. The molecule has 0 rings (SSSR count). The molecule has 0 fully saturated rings. The average Bonchev–Trinajstić information content (AvgIpc) is 2.05. The quantitative estimate of drug-likeness (QED) is 0.668. The highest BCUT2D eigenvalue weighted by molar-refractivity contribution is 8.01. The Morgan fingerprint density at radius 1 is 1.54 bits per heavy atom. The van der Waals surface area contributed by atoms with Crippen LogP contribution in [-0.4, -0.2) is 34.8 Å². The van der Waals surface area contributed by atoms with Gasteiger partial charge in [0, 0.05) is 11.9 Å². The molecule has 3 nitrogen and oxygen atoms in total. The molecule has 0 aliphatic heterocycles. The molecule has 2 unspecified atom stereocenters. The van der Waals surface area contributed by atoms with Gasteiger partial charge in [0.1, 0.15) is 0 Å². The number of hydrogen-bond acceptors (Lipinski definition) is 4. The van der Waals surface area contributed by atoms with Crippen molar-refractivity contribution in [2.24, 2.45) is 0 Å². The molecule has 78 valence electrons. The molecule has 0 bridgehead atoms. The second kappa shape index (κ2) is 7.21. The Labute approximate surface area is 83.9 Å². The van der Waals surface area contributed by atoms with Crippen LogP contribution in [0.15, 0.2) is 0 Å². The third-order valence-electron chi connectivity index (χ3n) is 1.59. The molecule has 0 aromatic rings. The summed E-state index contributed by atoms with van der Waals surface area (Å²) in [4.78, 5) is 11.2. The van der Waals surface area contributed by atoms with Crippen LogP contribution in [0.3, 0.4) is 0 Å². The van der Waals surface area contributed by atoms with E-state index in [4.69, 9.17) is 9.84 Å². The Morgan fingerprint density at radius 2 is 2.15 bits per heavy atom. The van der Waals surface area contributed by atoms with E-state index in [9.17, 15) is 4.79 Å². The number of carbonyl (C=O) groups is 1. The fourth-order valence-corrected chi connectivity index (χ4v) is 2.03. The first-order chi connectivity index (χ1) is 6.11. The molecule has 0 radical (unpaired) electrons. The van der Waals surface area contributed by atoms with Gasteiger partial charge >= 0.3 is 5.97 Å². The first-order valence-corrected chi connectivity index (χ1v) is 5.49. The molecule has 0 spiro atoms. The third kappa shape index (κ3) is 5.93. The molecule has 0 aromatic carbocycles. The number of ether oxygens (including phenoxy) is 1. The van der Waals surface area contributed by atoms with Crippen molar-refractivity contribution >= 4 is 17.7 Å². The van der Waals surface area contributed by atoms with Gasteiger partial charge in [0.05, 0.1) is 11.9 Å². The van der Waals surface area contributed by atoms with Crippen molar-refractivity contribution in [3.8, 4) is 0 Å². The molecule has 2 atom stereocenters. The Balaban J connectivity index is 3.71. The zero-order chi connectivity index (χ0) is 10.3. The van der Waals surface area contributed by atoms with E-state index in [-0.39, 0.29) is 17.8 Å².